The number of rotatable bonds is 8. The Morgan fingerprint density at radius 3 is 2.60 bits per heavy atom. The van der Waals surface area contributed by atoms with Crippen molar-refractivity contribution in [2.45, 2.75) is 25.6 Å². The predicted octanol–water partition coefficient (Wildman–Crippen LogP) is 2.14. The highest BCUT2D eigenvalue weighted by molar-refractivity contribution is 5.97. The molecule has 2 rings (SSSR count). The van der Waals surface area contributed by atoms with Crippen molar-refractivity contribution >= 4 is 23.2 Å². The maximum absolute atomic E-state index is 13.6. The molecular weight excluding hydrogens is 415 g/mol. The van der Waals surface area contributed by atoms with Crippen molar-refractivity contribution < 1.29 is 36.3 Å². The summed E-state index contributed by atoms with van der Waals surface area (Å²) in [6.07, 6.45) is -7.48. The molecule has 1 heterocycles. The van der Waals surface area contributed by atoms with Crippen LogP contribution in [0.4, 0.5) is 33.3 Å². The van der Waals surface area contributed by atoms with Crippen molar-refractivity contribution in [3.05, 3.63) is 23.8 Å². The van der Waals surface area contributed by atoms with Crippen LogP contribution in [0, 0.1) is 0 Å². The van der Waals surface area contributed by atoms with Gasteiger partial charge >= 0.3 is 6.18 Å². The van der Waals surface area contributed by atoms with Gasteiger partial charge in [0, 0.05) is 24.3 Å². The lowest BCUT2D eigenvalue weighted by Crippen LogP contribution is -2.51. The lowest BCUT2D eigenvalue weighted by molar-refractivity contribution is -0.153. The maximum atomic E-state index is 13.6. The molecule has 1 aromatic carbocycles. The van der Waals surface area contributed by atoms with Gasteiger partial charge in [0.25, 0.3) is 12.3 Å². The molecule has 0 saturated carbocycles. The molecule has 2 amide bonds. The minimum Gasteiger partial charge on any atom is -0.370 e. The number of alkyl halides is 5. The summed E-state index contributed by atoms with van der Waals surface area (Å²) in [6.45, 7) is -0.304. The quantitative estimate of drug-likeness (QED) is 0.608. The number of halogens is 5. The third-order valence-electron chi connectivity index (χ3n) is 4.56. The van der Waals surface area contributed by atoms with Crippen LogP contribution in [0.25, 0.3) is 0 Å². The zero-order chi connectivity index (χ0) is 22.5. The third kappa shape index (κ3) is 6.09. The van der Waals surface area contributed by atoms with Crippen LogP contribution in [0.5, 0.6) is 0 Å². The van der Waals surface area contributed by atoms with E-state index in [9.17, 15) is 31.5 Å². The van der Waals surface area contributed by atoms with Crippen LogP contribution in [-0.2, 0) is 14.3 Å². The molecule has 0 aromatic heterocycles. The van der Waals surface area contributed by atoms with Gasteiger partial charge in [-0.2, -0.15) is 13.2 Å². The molecule has 0 radical (unpaired) electrons. The Morgan fingerprint density at radius 2 is 2.07 bits per heavy atom. The number of carbonyl (C=O) groups is 2. The molecule has 1 aromatic rings. The Kier molecular flexibility index (Phi) is 8.10. The van der Waals surface area contributed by atoms with Gasteiger partial charge in [0.2, 0.25) is 5.91 Å². The van der Waals surface area contributed by atoms with Gasteiger partial charge < -0.3 is 20.7 Å². The first-order valence-electron chi connectivity index (χ1n) is 9.19. The van der Waals surface area contributed by atoms with Crippen LogP contribution >= 0.6 is 0 Å². The van der Waals surface area contributed by atoms with E-state index in [1.165, 1.54) is 24.0 Å². The lowest BCUT2D eigenvalue weighted by Gasteiger charge is -2.30. The Hall–Kier alpha value is -2.31. The van der Waals surface area contributed by atoms with Crippen LogP contribution in [0.3, 0.4) is 0 Å². The smallest absolute Gasteiger partial charge is 0.370 e. The number of amides is 2. The average Bonchev–Trinajstić information content (AvgIpc) is 2.67. The molecule has 0 spiro atoms. The summed E-state index contributed by atoms with van der Waals surface area (Å²) in [7, 11) is 0. The molecule has 1 fully saturated rings. The highest BCUT2D eigenvalue weighted by atomic mass is 19.4. The predicted molar refractivity (Wildman–Crippen MR) is 99.3 cm³/mol. The molecule has 0 bridgehead atoms. The summed E-state index contributed by atoms with van der Waals surface area (Å²) in [5.41, 5.74) is 4.95. The summed E-state index contributed by atoms with van der Waals surface area (Å²) in [5, 5.41) is 2.34. The van der Waals surface area contributed by atoms with E-state index in [4.69, 9.17) is 10.5 Å². The van der Waals surface area contributed by atoms with Crippen molar-refractivity contribution in [3.8, 4) is 0 Å². The van der Waals surface area contributed by atoms with Gasteiger partial charge in [-0.15, -0.1) is 0 Å². The maximum Gasteiger partial charge on any atom is 0.401 e. The fourth-order valence-electron chi connectivity index (χ4n) is 3.15. The van der Waals surface area contributed by atoms with E-state index in [0.717, 1.165) is 11.0 Å². The largest absolute Gasteiger partial charge is 0.401 e. The zero-order valence-corrected chi connectivity index (χ0v) is 16.2. The summed E-state index contributed by atoms with van der Waals surface area (Å²) < 4.78 is 70.4. The van der Waals surface area contributed by atoms with E-state index in [0.29, 0.717) is 0 Å². The molecule has 1 saturated heterocycles. The number of benzene rings is 1. The normalized spacial score (nSPS) is 16.3. The average molecular weight is 438 g/mol. The van der Waals surface area contributed by atoms with E-state index in [1.807, 2.05) is 0 Å². The van der Waals surface area contributed by atoms with Crippen LogP contribution in [0.15, 0.2) is 18.2 Å². The van der Waals surface area contributed by atoms with Crippen LogP contribution in [-0.4, -0.2) is 68.3 Å². The number of hydrogen-bond donors (Lipinski definition) is 2. The second kappa shape index (κ2) is 10.1. The zero-order valence-electron chi connectivity index (χ0n) is 16.2. The van der Waals surface area contributed by atoms with Crippen molar-refractivity contribution in [1.82, 2.24) is 4.90 Å². The SMILES string of the molecule is CCN(CC(F)(F)F)[C@H](CN)C(=O)Nc1ccc(N2CCOCC2=O)c(C(F)F)c1. The molecule has 12 heteroatoms. The molecule has 1 atom stereocenters. The van der Waals surface area contributed by atoms with Crippen molar-refractivity contribution in [3.63, 3.8) is 0 Å². The van der Waals surface area contributed by atoms with E-state index < -0.39 is 49.1 Å². The van der Waals surface area contributed by atoms with Gasteiger partial charge in [-0.3, -0.25) is 14.5 Å². The monoisotopic (exact) mass is 438 g/mol. The van der Waals surface area contributed by atoms with E-state index in [2.05, 4.69) is 5.32 Å². The molecule has 1 aliphatic rings. The van der Waals surface area contributed by atoms with Crippen molar-refractivity contribution in [2.24, 2.45) is 5.73 Å². The summed E-state index contributed by atoms with van der Waals surface area (Å²) >= 11 is 0. The number of nitrogens with zero attached hydrogens (tertiary/aromatic N) is 2. The van der Waals surface area contributed by atoms with Gasteiger partial charge in [0.1, 0.15) is 12.6 Å². The number of morpholine rings is 1. The first-order valence-corrected chi connectivity index (χ1v) is 9.19. The lowest BCUT2D eigenvalue weighted by atomic mass is 10.1. The van der Waals surface area contributed by atoms with Gasteiger partial charge in [0.05, 0.1) is 18.8 Å². The minimum absolute atomic E-state index is 0.0149. The molecule has 0 unspecified atom stereocenters. The molecule has 0 aliphatic carbocycles. The molecular formula is C18H23F5N4O3. The van der Waals surface area contributed by atoms with Crippen LogP contribution < -0.4 is 16.0 Å². The number of carbonyl (C=O) groups excluding carboxylic acids is 2. The first-order chi connectivity index (χ1) is 14.1. The van der Waals surface area contributed by atoms with Crippen molar-refractivity contribution in [2.75, 3.05) is 49.6 Å². The molecule has 1 aliphatic heterocycles. The Labute approximate surface area is 169 Å². The topological polar surface area (TPSA) is 87.9 Å². The standard InChI is InChI=1S/C18H23F5N4O3/c1-2-26(10-18(21,22)23)14(8-24)17(29)25-11-3-4-13(12(7-11)16(19)20)27-5-6-30-9-15(27)28/h3-4,7,14,16H,2,5-6,8-10,24H2,1H3,(H,25,29)/t14-/m1/s1. The summed E-state index contributed by atoms with van der Waals surface area (Å²) in [6, 6.07) is 2.25. The number of nitrogens with one attached hydrogen (secondary N) is 1. The fraction of sp³-hybridized carbons (Fsp3) is 0.556. The number of nitrogens with two attached hydrogens (primary N) is 1. The summed E-state index contributed by atoms with van der Waals surface area (Å²) in [5.74, 6) is -1.33. The van der Waals surface area contributed by atoms with Crippen LogP contribution in [0.1, 0.15) is 18.9 Å². The van der Waals surface area contributed by atoms with Crippen LogP contribution in [0.2, 0.25) is 0 Å². The Balaban J connectivity index is 2.23. The number of ether oxygens (including phenoxy) is 1. The van der Waals surface area contributed by atoms with Crippen molar-refractivity contribution in [1.29, 1.82) is 0 Å². The molecule has 168 valence electrons. The third-order valence-corrected chi connectivity index (χ3v) is 4.56. The first kappa shape index (κ1) is 24.0. The highest BCUT2D eigenvalue weighted by Gasteiger charge is 2.35. The van der Waals surface area contributed by atoms with Gasteiger partial charge in [0.15, 0.2) is 0 Å². The highest BCUT2D eigenvalue weighted by Crippen LogP contribution is 2.33. The summed E-state index contributed by atoms with van der Waals surface area (Å²) in [4.78, 5) is 26.5. The van der Waals surface area contributed by atoms with Gasteiger partial charge in [-0.25, -0.2) is 8.78 Å². The Morgan fingerprint density at radius 1 is 1.37 bits per heavy atom. The molecule has 30 heavy (non-hydrogen) atoms. The number of anilines is 2. The second-order valence-electron chi connectivity index (χ2n) is 6.59. The Bertz CT molecular complexity index is 760. The molecule has 3 N–H and O–H groups in total. The fourth-order valence-corrected chi connectivity index (χ4v) is 3.15. The van der Waals surface area contributed by atoms with E-state index in [1.54, 1.807) is 0 Å². The second-order valence-corrected chi connectivity index (χ2v) is 6.59. The van der Waals surface area contributed by atoms with E-state index >= 15 is 0 Å². The van der Waals surface area contributed by atoms with E-state index in [-0.39, 0.29) is 37.7 Å². The minimum atomic E-state index is -4.53. The molecule has 7 nitrogen and oxygen atoms in total. The van der Waals surface area contributed by atoms with Gasteiger partial charge in [-0.1, -0.05) is 6.92 Å². The van der Waals surface area contributed by atoms with Gasteiger partial charge in [-0.05, 0) is 24.7 Å². The number of likely N-dealkylation sites (N-methyl/N-ethyl adjacent to an activating group) is 1. The number of hydrogen-bond acceptors (Lipinski definition) is 5.